The fourth-order valence-corrected chi connectivity index (χ4v) is 2.13. The van der Waals surface area contributed by atoms with E-state index in [-0.39, 0.29) is 5.91 Å². The molecule has 1 N–H and O–H groups in total. The summed E-state index contributed by atoms with van der Waals surface area (Å²) < 4.78 is 0. The predicted molar refractivity (Wildman–Crippen MR) is 70.2 cm³/mol. The first-order valence-electron chi connectivity index (χ1n) is 6.28. The van der Waals surface area contributed by atoms with Crippen molar-refractivity contribution in [1.29, 1.82) is 0 Å². The second-order valence-corrected chi connectivity index (χ2v) is 4.83. The number of rotatable bonds is 2. The lowest BCUT2D eigenvalue weighted by molar-refractivity contribution is -0.0772. The number of nitrogens with one attached hydrogen (secondary N) is 1. The Balaban J connectivity index is 1.85. The van der Waals surface area contributed by atoms with Gasteiger partial charge in [0, 0.05) is 23.2 Å². The van der Waals surface area contributed by atoms with Crippen molar-refractivity contribution >= 4 is 5.91 Å². The first-order chi connectivity index (χ1) is 9.24. The monoisotopic (exact) mass is 257 g/mol. The van der Waals surface area contributed by atoms with Crippen LogP contribution in [0.15, 0.2) is 36.7 Å². The van der Waals surface area contributed by atoms with E-state index in [0.717, 1.165) is 11.1 Å². The van der Waals surface area contributed by atoms with Crippen molar-refractivity contribution in [2.75, 3.05) is 13.2 Å². The lowest BCUT2D eigenvalue weighted by atomic mass is 10.1. The van der Waals surface area contributed by atoms with Gasteiger partial charge in [0.2, 0.25) is 0 Å². The maximum absolute atomic E-state index is 12.3. The smallest absolute Gasteiger partial charge is 0.277 e. The van der Waals surface area contributed by atoms with Crippen molar-refractivity contribution in [2.45, 2.75) is 6.92 Å². The molecule has 0 aliphatic carbocycles. The molecule has 1 fully saturated rings. The molecule has 0 bridgehead atoms. The third-order valence-electron chi connectivity index (χ3n) is 3.16. The molecule has 3 rings (SSSR count). The van der Waals surface area contributed by atoms with Crippen LogP contribution in [0.25, 0.3) is 11.1 Å². The molecule has 2 aromatic rings. The van der Waals surface area contributed by atoms with Crippen LogP contribution in [0.4, 0.5) is 0 Å². The standard InChI is InChI=1S/C14H15N3O2/c1-10-8-17(19-9-10)14(18)12-4-2-3-11(5-12)13-6-15-16-7-13/h2-7,10H,8-9H2,1H3,(H,15,16). The van der Waals surface area contributed by atoms with Crippen LogP contribution in [0.2, 0.25) is 0 Å². The van der Waals surface area contributed by atoms with Gasteiger partial charge in [-0.05, 0) is 17.7 Å². The molecule has 1 saturated heterocycles. The zero-order chi connectivity index (χ0) is 13.2. The number of amides is 1. The number of carbonyl (C=O) groups is 1. The number of H-pyrrole nitrogens is 1. The Morgan fingerprint density at radius 3 is 3.05 bits per heavy atom. The Morgan fingerprint density at radius 1 is 1.47 bits per heavy atom. The van der Waals surface area contributed by atoms with Crippen LogP contribution in [0, 0.1) is 5.92 Å². The molecule has 0 spiro atoms. The summed E-state index contributed by atoms with van der Waals surface area (Å²) in [5.41, 5.74) is 2.56. The average molecular weight is 257 g/mol. The van der Waals surface area contributed by atoms with E-state index in [0.29, 0.717) is 24.6 Å². The summed E-state index contributed by atoms with van der Waals surface area (Å²) in [6.45, 7) is 3.32. The van der Waals surface area contributed by atoms with Gasteiger partial charge in [-0.3, -0.25) is 14.7 Å². The summed E-state index contributed by atoms with van der Waals surface area (Å²) in [6, 6.07) is 7.49. The maximum atomic E-state index is 12.3. The fourth-order valence-electron chi connectivity index (χ4n) is 2.13. The molecule has 0 saturated carbocycles. The summed E-state index contributed by atoms with van der Waals surface area (Å²) in [7, 11) is 0. The average Bonchev–Trinajstić information content (AvgIpc) is 3.09. The highest BCUT2D eigenvalue weighted by molar-refractivity contribution is 5.94. The minimum absolute atomic E-state index is 0.0882. The van der Waals surface area contributed by atoms with Crippen LogP contribution in [0.3, 0.4) is 0 Å². The van der Waals surface area contributed by atoms with Gasteiger partial charge in [-0.25, -0.2) is 5.06 Å². The van der Waals surface area contributed by atoms with Crippen molar-refractivity contribution in [2.24, 2.45) is 5.92 Å². The molecule has 1 atom stereocenters. The maximum Gasteiger partial charge on any atom is 0.277 e. The molecule has 2 heterocycles. The normalized spacial score (nSPS) is 18.8. The molecule has 19 heavy (non-hydrogen) atoms. The number of nitrogens with zero attached hydrogens (tertiary/aromatic N) is 2. The van der Waals surface area contributed by atoms with Crippen LogP contribution in [-0.2, 0) is 4.84 Å². The Bertz CT molecular complexity index is 580. The van der Waals surface area contributed by atoms with Crippen LogP contribution in [0.1, 0.15) is 17.3 Å². The molecule has 1 aromatic carbocycles. The van der Waals surface area contributed by atoms with E-state index < -0.39 is 0 Å². The number of carbonyl (C=O) groups excluding carboxylic acids is 1. The van der Waals surface area contributed by atoms with E-state index in [1.54, 1.807) is 18.5 Å². The summed E-state index contributed by atoms with van der Waals surface area (Å²) in [5.74, 6) is 0.302. The first-order valence-corrected chi connectivity index (χ1v) is 6.28. The summed E-state index contributed by atoms with van der Waals surface area (Å²) in [4.78, 5) is 17.7. The number of hydrogen-bond donors (Lipinski definition) is 1. The number of aromatic nitrogens is 2. The van der Waals surface area contributed by atoms with Crippen LogP contribution in [0.5, 0.6) is 0 Å². The van der Waals surface area contributed by atoms with E-state index in [2.05, 4.69) is 17.1 Å². The van der Waals surface area contributed by atoms with Gasteiger partial charge in [0.05, 0.1) is 19.3 Å². The third kappa shape index (κ3) is 2.37. The van der Waals surface area contributed by atoms with Gasteiger partial charge >= 0.3 is 0 Å². The molecule has 1 aliphatic rings. The number of hydroxylamine groups is 2. The highest BCUT2D eigenvalue weighted by Crippen LogP contribution is 2.21. The van der Waals surface area contributed by atoms with Crippen molar-refractivity contribution in [3.05, 3.63) is 42.2 Å². The number of hydrogen-bond acceptors (Lipinski definition) is 3. The lowest BCUT2D eigenvalue weighted by Gasteiger charge is -2.14. The highest BCUT2D eigenvalue weighted by Gasteiger charge is 2.25. The third-order valence-corrected chi connectivity index (χ3v) is 3.16. The number of benzene rings is 1. The quantitative estimate of drug-likeness (QED) is 0.896. The largest absolute Gasteiger partial charge is 0.285 e. The van der Waals surface area contributed by atoms with Gasteiger partial charge in [-0.2, -0.15) is 5.10 Å². The van der Waals surface area contributed by atoms with Gasteiger partial charge in [-0.15, -0.1) is 0 Å². The second-order valence-electron chi connectivity index (χ2n) is 4.83. The molecular weight excluding hydrogens is 242 g/mol. The Hall–Kier alpha value is -2.14. The van der Waals surface area contributed by atoms with Gasteiger partial charge < -0.3 is 0 Å². The summed E-state index contributed by atoms with van der Waals surface area (Å²) in [6.07, 6.45) is 3.54. The molecule has 5 heteroatoms. The summed E-state index contributed by atoms with van der Waals surface area (Å²) >= 11 is 0. The molecule has 1 amide bonds. The summed E-state index contributed by atoms with van der Waals surface area (Å²) in [5, 5.41) is 8.13. The van der Waals surface area contributed by atoms with Crippen LogP contribution >= 0.6 is 0 Å². The van der Waals surface area contributed by atoms with Crippen molar-refractivity contribution in [1.82, 2.24) is 15.3 Å². The lowest BCUT2D eigenvalue weighted by Crippen LogP contribution is -2.27. The Labute approximate surface area is 111 Å². The van der Waals surface area contributed by atoms with Gasteiger partial charge in [0.15, 0.2) is 0 Å². The molecule has 98 valence electrons. The van der Waals surface area contributed by atoms with Crippen molar-refractivity contribution < 1.29 is 9.63 Å². The van der Waals surface area contributed by atoms with E-state index in [4.69, 9.17) is 4.84 Å². The fraction of sp³-hybridized carbons (Fsp3) is 0.286. The van der Waals surface area contributed by atoms with Crippen LogP contribution in [-0.4, -0.2) is 34.3 Å². The minimum atomic E-state index is -0.0882. The Kier molecular flexibility index (Phi) is 3.05. The zero-order valence-corrected chi connectivity index (χ0v) is 10.7. The highest BCUT2D eigenvalue weighted by atomic mass is 16.7. The van der Waals surface area contributed by atoms with E-state index in [1.165, 1.54) is 5.06 Å². The molecule has 1 unspecified atom stereocenters. The van der Waals surface area contributed by atoms with Crippen LogP contribution < -0.4 is 0 Å². The minimum Gasteiger partial charge on any atom is -0.285 e. The molecule has 1 aromatic heterocycles. The molecular formula is C14H15N3O2. The second kappa shape index (κ2) is 4.85. The van der Waals surface area contributed by atoms with E-state index >= 15 is 0 Å². The van der Waals surface area contributed by atoms with E-state index in [1.807, 2.05) is 18.2 Å². The zero-order valence-electron chi connectivity index (χ0n) is 10.7. The SMILES string of the molecule is CC1CON(C(=O)c2cccc(-c3cn[nH]c3)c2)C1. The van der Waals surface area contributed by atoms with Gasteiger partial charge in [0.25, 0.3) is 5.91 Å². The van der Waals surface area contributed by atoms with Gasteiger partial charge in [0.1, 0.15) is 0 Å². The predicted octanol–water partition coefficient (Wildman–Crippen LogP) is 2.10. The van der Waals surface area contributed by atoms with Gasteiger partial charge in [-0.1, -0.05) is 19.1 Å². The van der Waals surface area contributed by atoms with Crippen molar-refractivity contribution in [3.63, 3.8) is 0 Å². The first kappa shape index (κ1) is 11.9. The number of aromatic amines is 1. The van der Waals surface area contributed by atoms with Crippen molar-refractivity contribution in [3.8, 4) is 11.1 Å². The molecule has 1 aliphatic heterocycles. The Morgan fingerprint density at radius 2 is 2.37 bits per heavy atom. The van der Waals surface area contributed by atoms with E-state index in [9.17, 15) is 4.79 Å². The topological polar surface area (TPSA) is 58.2 Å². The molecule has 0 radical (unpaired) electrons. The molecule has 5 nitrogen and oxygen atoms in total.